The Morgan fingerprint density at radius 3 is 2.33 bits per heavy atom. The van der Waals surface area contributed by atoms with Crippen molar-refractivity contribution in [3.8, 4) is 11.5 Å². The molecule has 30 heavy (non-hydrogen) atoms. The van der Waals surface area contributed by atoms with E-state index in [1.807, 2.05) is 24.3 Å². The highest BCUT2D eigenvalue weighted by atomic mass is 79.9. The van der Waals surface area contributed by atoms with E-state index in [2.05, 4.69) is 21.2 Å². The second kappa shape index (κ2) is 7.65. The number of dihydropyridines is 1. The monoisotopic (exact) mass is 469 g/mol. The molecule has 1 N–H and O–H groups in total. The number of ketones is 1. The number of carbonyl (C=O) groups is 2. The summed E-state index contributed by atoms with van der Waals surface area (Å²) in [4.78, 5) is 26.2. The number of fused-ring (bicyclic) bond motifs is 2. The van der Waals surface area contributed by atoms with Crippen LogP contribution >= 0.6 is 15.9 Å². The fourth-order valence-electron chi connectivity index (χ4n) is 4.13. The smallest absolute Gasteiger partial charge is 0.336 e. The minimum Gasteiger partial charge on any atom is -0.496 e. The topological polar surface area (TPSA) is 73.9 Å². The Morgan fingerprint density at radius 2 is 1.70 bits per heavy atom. The molecule has 0 saturated heterocycles. The highest BCUT2D eigenvalue weighted by molar-refractivity contribution is 9.10. The van der Waals surface area contributed by atoms with Gasteiger partial charge in [-0.05, 0) is 28.9 Å². The summed E-state index contributed by atoms with van der Waals surface area (Å²) in [6.45, 7) is 1.81. The third-order valence-electron chi connectivity index (χ3n) is 5.47. The summed E-state index contributed by atoms with van der Waals surface area (Å²) < 4.78 is 16.8. The summed E-state index contributed by atoms with van der Waals surface area (Å²) >= 11 is 3.51. The SMILES string of the molecule is COC(=O)C1=C(C)NC2=C(C(=O)c3ccccc32)[C@H]1c1cc(Br)c(OC)cc1OC. The molecular weight excluding hydrogens is 450 g/mol. The van der Waals surface area contributed by atoms with Crippen molar-refractivity contribution in [3.05, 3.63) is 74.4 Å². The van der Waals surface area contributed by atoms with Crippen molar-refractivity contribution in [2.75, 3.05) is 21.3 Å². The third kappa shape index (κ3) is 2.92. The molecule has 6 nitrogen and oxygen atoms in total. The van der Waals surface area contributed by atoms with Gasteiger partial charge < -0.3 is 19.5 Å². The summed E-state index contributed by atoms with van der Waals surface area (Å²) in [5.74, 6) is -0.201. The summed E-state index contributed by atoms with van der Waals surface area (Å²) in [6.07, 6.45) is 0. The quantitative estimate of drug-likeness (QED) is 0.676. The summed E-state index contributed by atoms with van der Waals surface area (Å²) in [6, 6.07) is 11.0. The number of rotatable bonds is 4. The first-order valence-electron chi connectivity index (χ1n) is 9.28. The van der Waals surface area contributed by atoms with Gasteiger partial charge >= 0.3 is 5.97 Å². The molecule has 154 valence electrons. The van der Waals surface area contributed by atoms with Gasteiger partial charge in [-0.3, -0.25) is 4.79 Å². The van der Waals surface area contributed by atoms with Gasteiger partial charge in [0.05, 0.1) is 43.0 Å². The van der Waals surface area contributed by atoms with Gasteiger partial charge in [-0.25, -0.2) is 4.79 Å². The molecule has 0 unspecified atom stereocenters. The zero-order valence-corrected chi connectivity index (χ0v) is 18.5. The van der Waals surface area contributed by atoms with E-state index in [0.717, 1.165) is 5.56 Å². The lowest BCUT2D eigenvalue weighted by molar-refractivity contribution is -0.136. The molecule has 2 aromatic carbocycles. The summed E-state index contributed by atoms with van der Waals surface area (Å²) in [5.41, 5.74) is 4.29. The Labute approximate surface area is 182 Å². The van der Waals surface area contributed by atoms with Gasteiger partial charge in [0.2, 0.25) is 0 Å². The van der Waals surface area contributed by atoms with Gasteiger partial charge in [-0.15, -0.1) is 0 Å². The van der Waals surface area contributed by atoms with Crippen LogP contribution in [0.1, 0.15) is 34.3 Å². The number of nitrogens with one attached hydrogen (secondary N) is 1. The number of benzene rings is 2. The first-order chi connectivity index (χ1) is 14.4. The molecule has 0 spiro atoms. The van der Waals surface area contributed by atoms with Crippen LogP contribution in [0.3, 0.4) is 0 Å². The highest BCUT2D eigenvalue weighted by Gasteiger charge is 2.44. The number of ether oxygens (including phenoxy) is 3. The van der Waals surface area contributed by atoms with Crippen molar-refractivity contribution < 1.29 is 23.8 Å². The molecule has 0 radical (unpaired) electrons. The van der Waals surface area contributed by atoms with Crippen LogP contribution in [0.25, 0.3) is 5.70 Å². The molecule has 2 aliphatic rings. The average Bonchev–Trinajstić information content (AvgIpc) is 3.04. The Balaban J connectivity index is 2.01. The average molecular weight is 470 g/mol. The fraction of sp³-hybridized carbons (Fsp3) is 0.217. The number of Topliss-reactive ketones (excluding diaryl/α,β-unsaturated/α-hetero) is 1. The van der Waals surface area contributed by atoms with Gasteiger partial charge in [-0.1, -0.05) is 24.3 Å². The highest BCUT2D eigenvalue weighted by Crippen LogP contribution is 2.50. The summed E-state index contributed by atoms with van der Waals surface area (Å²) in [5, 5.41) is 3.26. The maximum Gasteiger partial charge on any atom is 0.336 e. The minimum atomic E-state index is -0.661. The van der Waals surface area contributed by atoms with E-state index < -0.39 is 11.9 Å². The predicted octanol–water partition coefficient (Wildman–Crippen LogP) is 4.21. The van der Waals surface area contributed by atoms with Crippen molar-refractivity contribution in [1.82, 2.24) is 5.32 Å². The Morgan fingerprint density at radius 1 is 1.03 bits per heavy atom. The Kier molecular flexibility index (Phi) is 5.15. The van der Waals surface area contributed by atoms with Crippen LogP contribution in [0.15, 0.2) is 57.7 Å². The number of methoxy groups -OCH3 is 3. The lowest BCUT2D eigenvalue weighted by atomic mass is 9.79. The van der Waals surface area contributed by atoms with Crippen molar-refractivity contribution >= 4 is 33.4 Å². The summed E-state index contributed by atoms with van der Waals surface area (Å²) in [7, 11) is 4.43. The number of hydrogen-bond acceptors (Lipinski definition) is 6. The van der Waals surface area contributed by atoms with E-state index >= 15 is 0 Å². The molecule has 1 aliphatic carbocycles. The zero-order valence-electron chi connectivity index (χ0n) is 17.0. The van der Waals surface area contributed by atoms with E-state index in [1.54, 1.807) is 33.3 Å². The van der Waals surface area contributed by atoms with E-state index in [4.69, 9.17) is 14.2 Å². The number of esters is 1. The maximum atomic E-state index is 13.4. The van der Waals surface area contributed by atoms with E-state index in [1.165, 1.54) is 7.11 Å². The first kappa shape index (κ1) is 20.2. The number of allylic oxidation sites excluding steroid dienone is 2. The van der Waals surface area contributed by atoms with Crippen LogP contribution in [0.4, 0.5) is 0 Å². The number of hydrogen-bond donors (Lipinski definition) is 1. The lowest BCUT2D eigenvalue weighted by Crippen LogP contribution is -2.29. The van der Waals surface area contributed by atoms with Gasteiger partial charge in [0.15, 0.2) is 5.78 Å². The van der Waals surface area contributed by atoms with Crippen LogP contribution in [0.2, 0.25) is 0 Å². The molecule has 7 heteroatoms. The molecule has 0 amide bonds. The molecule has 4 rings (SSSR count). The van der Waals surface area contributed by atoms with E-state index in [0.29, 0.717) is 49.6 Å². The zero-order chi connectivity index (χ0) is 21.6. The van der Waals surface area contributed by atoms with Crippen molar-refractivity contribution in [2.45, 2.75) is 12.8 Å². The maximum absolute atomic E-state index is 13.4. The second-order valence-corrected chi connectivity index (χ2v) is 7.83. The van der Waals surface area contributed by atoms with Crippen LogP contribution in [-0.2, 0) is 9.53 Å². The van der Waals surface area contributed by atoms with Crippen molar-refractivity contribution in [1.29, 1.82) is 0 Å². The normalized spacial score (nSPS) is 17.4. The third-order valence-corrected chi connectivity index (χ3v) is 6.09. The molecule has 0 fully saturated rings. The molecular formula is C23H20BrNO5. The minimum absolute atomic E-state index is 0.124. The van der Waals surface area contributed by atoms with Crippen LogP contribution in [0.5, 0.6) is 11.5 Å². The van der Waals surface area contributed by atoms with E-state index in [-0.39, 0.29) is 5.78 Å². The Hall–Kier alpha value is -3.06. The van der Waals surface area contributed by atoms with Gasteiger partial charge in [0.1, 0.15) is 11.5 Å². The van der Waals surface area contributed by atoms with Gasteiger partial charge in [-0.2, -0.15) is 0 Å². The largest absolute Gasteiger partial charge is 0.496 e. The number of halogens is 1. The standard InChI is InChI=1S/C23H20BrNO5/c1-11-18(23(27)30-4)19(14-9-15(24)17(29-3)10-16(14)28-2)20-21(25-11)12-7-5-6-8-13(12)22(20)26/h5-10,19,25H,1-4H3/t19-/m0/s1. The van der Waals surface area contributed by atoms with E-state index in [9.17, 15) is 9.59 Å². The van der Waals surface area contributed by atoms with Crippen molar-refractivity contribution in [2.24, 2.45) is 0 Å². The fourth-order valence-corrected chi connectivity index (χ4v) is 4.65. The molecule has 0 saturated carbocycles. The van der Waals surface area contributed by atoms with Crippen molar-refractivity contribution in [3.63, 3.8) is 0 Å². The van der Waals surface area contributed by atoms with Gasteiger partial charge in [0, 0.05) is 34.0 Å². The van der Waals surface area contributed by atoms with Crippen LogP contribution < -0.4 is 14.8 Å². The lowest BCUT2D eigenvalue weighted by Gasteiger charge is -2.30. The van der Waals surface area contributed by atoms with Crippen LogP contribution in [0, 0.1) is 0 Å². The van der Waals surface area contributed by atoms with Gasteiger partial charge in [0.25, 0.3) is 0 Å². The molecule has 1 atom stereocenters. The second-order valence-electron chi connectivity index (χ2n) is 6.98. The first-order valence-corrected chi connectivity index (χ1v) is 10.1. The Bertz CT molecular complexity index is 1150. The molecule has 0 bridgehead atoms. The van der Waals surface area contributed by atoms with Crippen LogP contribution in [-0.4, -0.2) is 33.1 Å². The molecule has 1 aliphatic heterocycles. The molecule has 0 aromatic heterocycles. The molecule has 1 heterocycles. The number of carbonyl (C=O) groups excluding carboxylic acids is 2. The molecule has 2 aromatic rings. The predicted molar refractivity (Wildman–Crippen MR) is 116 cm³/mol.